The number of nitrogens with one attached hydrogen (secondary N) is 3. The van der Waals surface area contributed by atoms with E-state index < -0.39 is 29.8 Å². The van der Waals surface area contributed by atoms with Crippen LogP contribution in [-0.4, -0.2) is 129 Å². The van der Waals surface area contributed by atoms with Crippen molar-refractivity contribution < 1.29 is 38.2 Å². The number of piperazine rings is 1. The number of ether oxygens (including phenoxy) is 1. The number of β-amino-alcohol motifs (C(OH)–C–C–N with tert-alkyl or cyclic N) is 1. The molecule has 0 spiro atoms. The molecule has 20 heteroatoms. The van der Waals surface area contributed by atoms with E-state index in [2.05, 4.69) is 36.0 Å². The summed E-state index contributed by atoms with van der Waals surface area (Å²) in [5.74, 6) is -0.867. The number of thiazole rings is 1. The molecule has 5 heterocycles. The fraction of sp³-hybridized carbons (Fsp3) is 0.377. The molecule has 4 aromatic carbocycles. The number of phenolic OH excluding ortho intramolecular Hbond substituents is 1. The molecule has 0 aliphatic carbocycles. The number of halogens is 2. The maximum atomic E-state index is 17.0. The van der Waals surface area contributed by atoms with Gasteiger partial charge in [-0.05, 0) is 65.9 Å². The van der Waals surface area contributed by atoms with Gasteiger partial charge in [-0.15, -0.1) is 11.3 Å². The molecule has 0 bridgehead atoms. The van der Waals surface area contributed by atoms with Crippen LogP contribution in [0.2, 0.25) is 5.02 Å². The van der Waals surface area contributed by atoms with Crippen molar-refractivity contribution in [2.45, 2.75) is 65.1 Å². The predicted molar refractivity (Wildman–Crippen MR) is 280 cm³/mol. The number of phenols is 1. The van der Waals surface area contributed by atoms with Gasteiger partial charge in [-0.2, -0.15) is 4.98 Å². The Morgan fingerprint density at radius 2 is 1.85 bits per heavy atom. The molecule has 9 rings (SSSR count). The number of benzene rings is 4. The largest absolute Gasteiger partial charge is 0.508 e. The van der Waals surface area contributed by atoms with Crippen LogP contribution in [0.15, 0.2) is 76.8 Å². The Labute approximate surface area is 430 Å². The number of carbonyl (C=O) groups excluding carboxylic acids is 3. The van der Waals surface area contributed by atoms with E-state index >= 15 is 4.39 Å². The Balaban J connectivity index is 0.870. The smallest absolute Gasteiger partial charge is 0.243 e. The van der Waals surface area contributed by atoms with Crippen molar-refractivity contribution in [2.75, 3.05) is 69.7 Å². The van der Waals surface area contributed by atoms with Crippen LogP contribution in [0.5, 0.6) is 11.5 Å². The highest BCUT2D eigenvalue weighted by Gasteiger charge is 2.43. The first kappa shape index (κ1) is 51.0. The number of amides is 3. The highest BCUT2D eigenvalue weighted by atomic mass is 35.5. The van der Waals surface area contributed by atoms with Gasteiger partial charge in [-0.3, -0.25) is 14.4 Å². The first-order chi connectivity index (χ1) is 35.1. The molecule has 0 unspecified atom stereocenters. The Kier molecular flexibility index (Phi) is 15.4. The second-order valence-corrected chi connectivity index (χ2v) is 20.2. The van der Waals surface area contributed by atoms with Gasteiger partial charge in [0.15, 0.2) is 5.82 Å². The van der Waals surface area contributed by atoms with E-state index in [9.17, 15) is 24.6 Å². The number of aliphatic hydroxyl groups is 1. The summed E-state index contributed by atoms with van der Waals surface area (Å²) in [6.07, 6.45) is -0.727. The van der Waals surface area contributed by atoms with Crippen molar-refractivity contribution in [2.24, 2.45) is 5.92 Å². The molecule has 3 aromatic heterocycles. The molecule has 2 fully saturated rings. The van der Waals surface area contributed by atoms with E-state index in [1.807, 2.05) is 63.2 Å². The van der Waals surface area contributed by atoms with Crippen LogP contribution in [0.4, 0.5) is 16.2 Å². The van der Waals surface area contributed by atoms with Gasteiger partial charge >= 0.3 is 0 Å². The monoisotopic (exact) mass is 1030 g/mol. The molecule has 3 atom stereocenters. The lowest BCUT2D eigenvalue weighted by Crippen LogP contribution is -2.48. The molecule has 73 heavy (non-hydrogen) atoms. The average Bonchev–Trinajstić information content (AvgIpc) is 4.12. The van der Waals surface area contributed by atoms with Crippen LogP contribution in [0.1, 0.15) is 55.3 Å². The van der Waals surface area contributed by atoms with Crippen LogP contribution in [0.25, 0.3) is 43.2 Å². The second-order valence-electron chi connectivity index (χ2n) is 18.9. The standard InChI is InChI=1S/C53H58ClFN10O7S/c1-29(2)45(43-20-30(3)62-72-43)52(70)65-27-36(67)24-41(65)51(69)58-26-34-11-10-33(49-31(4)59-28-73-49)22-42(34)71-19-18-63(5)44(68)12-13-57-53-60-48-39(50(61-53)64-16-14-56-15-17-64)25-40(54)46(47(48)55)38-23-35(66)21-32-8-6-7-9-37(32)38/h6-11,20-23,25,28-29,36,41,45,56,66-67H,12-19,24,26-27H2,1-5H3,(H,58,69)(H,57,60,61)/t36-,41+,45-/m1/s1. The molecule has 0 radical (unpaired) electrons. The third-order valence-corrected chi connectivity index (χ3v) is 14.7. The van der Waals surface area contributed by atoms with E-state index in [1.165, 1.54) is 22.3 Å². The Morgan fingerprint density at radius 3 is 2.59 bits per heavy atom. The summed E-state index contributed by atoms with van der Waals surface area (Å²) in [6.45, 7) is 10.7. The first-order valence-electron chi connectivity index (χ1n) is 24.4. The summed E-state index contributed by atoms with van der Waals surface area (Å²) in [7, 11) is 1.68. The van der Waals surface area contributed by atoms with Crippen molar-refractivity contribution in [1.82, 2.24) is 40.5 Å². The number of rotatable bonds is 17. The quantitative estimate of drug-likeness (QED) is 0.0600. The summed E-state index contributed by atoms with van der Waals surface area (Å²) in [5.41, 5.74) is 5.40. The molecule has 17 nitrogen and oxygen atoms in total. The summed E-state index contributed by atoms with van der Waals surface area (Å²) < 4.78 is 28.8. The molecular weight excluding hydrogens is 975 g/mol. The minimum Gasteiger partial charge on any atom is -0.508 e. The lowest BCUT2D eigenvalue weighted by Gasteiger charge is -2.29. The number of aromatic hydroxyl groups is 1. The van der Waals surface area contributed by atoms with Gasteiger partial charge in [0.1, 0.15) is 47.2 Å². The van der Waals surface area contributed by atoms with E-state index in [4.69, 9.17) is 25.8 Å². The van der Waals surface area contributed by atoms with Crippen LogP contribution < -0.4 is 25.6 Å². The maximum Gasteiger partial charge on any atom is 0.243 e. The molecule has 3 amide bonds. The molecular formula is C53H58ClFN10O7S. The third-order valence-electron chi connectivity index (χ3n) is 13.4. The Hall–Kier alpha value is -6.93. The number of aliphatic hydroxyl groups excluding tert-OH is 1. The number of likely N-dealkylation sites (N-methyl/N-ethyl adjacent to an activating group) is 1. The highest BCUT2D eigenvalue weighted by molar-refractivity contribution is 7.13. The number of hydrogen-bond donors (Lipinski definition) is 5. The molecule has 2 saturated heterocycles. The number of aromatic nitrogens is 4. The van der Waals surface area contributed by atoms with Crippen LogP contribution in [-0.2, 0) is 20.9 Å². The number of fused-ring (bicyclic) bond motifs is 2. The van der Waals surface area contributed by atoms with Crippen LogP contribution in [0.3, 0.4) is 0 Å². The summed E-state index contributed by atoms with van der Waals surface area (Å²) in [6, 6.07) is 18.7. The van der Waals surface area contributed by atoms with Gasteiger partial charge in [0.05, 0.1) is 39.4 Å². The van der Waals surface area contributed by atoms with E-state index in [0.717, 1.165) is 21.5 Å². The number of likely N-dealkylation sites (tertiary alicyclic amines) is 1. The number of aryl methyl sites for hydroxylation is 2. The zero-order valence-corrected chi connectivity index (χ0v) is 42.8. The average molecular weight is 1030 g/mol. The molecule has 382 valence electrons. The second kappa shape index (κ2) is 22.0. The summed E-state index contributed by atoms with van der Waals surface area (Å²) in [5, 5.41) is 36.8. The maximum absolute atomic E-state index is 17.0. The van der Waals surface area contributed by atoms with Gasteiger partial charge in [0.25, 0.3) is 0 Å². The lowest BCUT2D eigenvalue weighted by molar-refractivity contribution is -0.141. The van der Waals surface area contributed by atoms with Gasteiger partial charge in [0.2, 0.25) is 23.7 Å². The topological polar surface area (TPSA) is 211 Å². The number of anilines is 2. The number of nitrogens with zero attached hydrogens (tertiary/aromatic N) is 7. The molecule has 5 N–H and O–H groups in total. The molecule has 2 aliphatic rings. The fourth-order valence-corrected chi connectivity index (χ4v) is 10.7. The van der Waals surface area contributed by atoms with Crippen LogP contribution in [0, 0.1) is 25.6 Å². The first-order valence-corrected chi connectivity index (χ1v) is 25.6. The van der Waals surface area contributed by atoms with E-state index in [1.54, 1.807) is 42.6 Å². The zero-order chi connectivity index (χ0) is 51.5. The van der Waals surface area contributed by atoms with Gasteiger partial charge < -0.3 is 50.1 Å². The third kappa shape index (κ3) is 11.0. The summed E-state index contributed by atoms with van der Waals surface area (Å²) >= 11 is 8.38. The van der Waals surface area contributed by atoms with E-state index in [0.29, 0.717) is 71.1 Å². The van der Waals surface area contributed by atoms with Gasteiger partial charge in [-0.25, -0.2) is 14.4 Å². The molecule has 2 aliphatic heterocycles. The summed E-state index contributed by atoms with van der Waals surface area (Å²) in [4.78, 5) is 61.3. The number of carbonyl (C=O) groups is 3. The highest BCUT2D eigenvalue weighted by Crippen LogP contribution is 2.43. The van der Waals surface area contributed by atoms with Gasteiger partial charge in [0, 0.05) is 88.3 Å². The van der Waals surface area contributed by atoms with Crippen molar-refractivity contribution in [3.63, 3.8) is 0 Å². The predicted octanol–water partition coefficient (Wildman–Crippen LogP) is 7.44. The Morgan fingerprint density at radius 1 is 1.05 bits per heavy atom. The zero-order valence-electron chi connectivity index (χ0n) is 41.2. The van der Waals surface area contributed by atoms with Crippen molar-refractivity contribution >= 4 is 74.1 Å². The van der Waals surface area contributed by atoms with Gasteiger partial charge in [-0.1, -0.05) is 67.0 Å². The van der Waals surface area contributed by atoms with Crippen molar-refractivity contribution in [3.8, 4) is 33.1 Å². The fourth-order valence-electron chi connectivity index (χ4n) is 9.62. The normalized spacial score (nSPS) is 16.3. The van der Waals surface area contributed by atoms with Crippen molar-refractivity contribution in [3.05, 3.63) is 106 Å². The van der Waals surface area contributed by atoms with Crippen LogP contribution >= 0.6 is 22.9 Å². The minimum absolute atomic E-state index is 0.0127. The van der Waals surface area contributed by atoms with E-state index in [-0.39, 0.29) is 91.2 Å². The minimum atomic E-state index is -0.905. The SMILES string of the molecule is Cc1cc([C@H](C(=O)N2C[C@H](O)C[C@H]2C(=O)NCc2ccc(-c3scnc3C)cc2OCCN(C)C(=O)CCNc2nc(N3CCNCC3)c3cc(Cl)c(-c4cc(O)cc5ccccc45)c(F)c3n2)C(C)C)on1. The van der Waals surface area contributed by atoms with Crippen molar-refractivity contribution in [1.29, 1.82) is 0 Å². The lowest BCUT2D eigenvalue weighted by atomic mass is 9.91. The Bertz CT molecular complexity index is 3180. The molecule has 0 saturated carbocycles. The molecule has 7 aromatic rings. The number of hydrogen-bond acceptors (Lipinski definition) is 15.